The molecule has 0 heterocycles. The van der Waals surface area contributed by atoms with E-state index in [0.29, 0.717) is 13.0 Å². The fourth-order valence-corrected chi connectivity index (χ4v) is 1.73. The van der Waals surface area contributed by atoms with Gasteiger partial charge in [-0.1, -0.05) is 19.9 Å². The summed E-state index contributed by atoms with van der Waals surface area (Å²) in [6.07, 6.45) is 3.50. The molecule has 0 aromatic rings. The molecule has 0 aliphatic rings. The van der Waals surface area contributed by atoms with E-state index in [4.69, 9.17) is 14.2 Å². The molecule has 7 heteroatoms. The molecule has 1 atom stereocenters. The number of allylic oxidation sites excluding steroid dienone is 1. The zero-order chi connectivity index (χ0) is 18.8. The lowest BCUT2D eigenvalue weighted by Gasteiger charge is -2.30. The minimum atomic E-state index is -1.83. The first-order valence-electron chi connectivity index (χ1n) is 7.85. The summed E-state index contributed by atoms with van der Waals surface area (Å²) in [5.74, 6) is -2.03. The summed E-state index contributed by atoms with van der Waals surface area (Å²) >= 11 is 0. The molecule has 0 rings (SSSR count). The summed E-state index contributed by atoms with van der Waals surface area (Å²) < 4.78 is 19.9. The molecule has 0 N–H and O–H groups in total. The zero-order valence-corrected chi connectivity index (χ0v) is 15.3. The Morgan fingerprint density at radius 1 is 0.958 bits per heavy atom. The van der Waals surface area contributed by atoms with Gasteiger partial charge in [0.1, 0.15) is 0 Å². The van der Waals surface area contributed by atoms with E-state index in [-0.39, 0.29) is 13.2 Å². The zero-order valence-electron chi connectivity index (χ0n) is 15.3. The highest BCUT2D eigenvalue weighted by Gasteiger charge is 2.46. The minimum Gasteiger partial charge on any atom is -0.466 e. The van der Waals surface area contributed by atoms with Crippen molar-refractivity contribution < 1.29 is 33.3 Å². The van der Waals surface area contributed by atoms with Crippen LogP contribution in [0.4, 0.5) is 0 Å². The highest BCUT2D eigenvalue weighted by atomic mass is 16.6. The number of carbonyl (C=O) groups is 3. The third kappa shape index (κ3) is 7.12. The number of methoxy groups -OCH3 is 1. The fourth-order valence-electron chi connectivity index (χ4n) is 1.73. The van der Waals surface area contributed by atoms with E-state index in [0.717, 1.165) is 0 Å². The van der Waals surface area contributed by atoms with Gasteiger partial charge in [-0.25, -0.2) is 14.4 Å². The predicted molar refractivity (Wildman–Crippen MR) is 87.2 cm³/mol. The lowest BCUT2D eigenvalue weighted by molar-refractivity contribution is -0.190. The van der Waals surface area contributed by atoms with E-state index < -0.39 is 28.9 Å². The average molecular weight is 344 g/mol. The number of rotatable bonds is 10. The van der Waals surface area contributed by atoms with E-state index >= 15 is 0 Å². The van der Waals surface area contributed by atoms with Crippen LogP contribution in [-0.2, 0) is 33.3 Å². The van der Waals surface area contributed by atoms with Gasteiger partial charge in [-0.2, -0.15) is 0 Å². The van der Waals surface area contributed by atoms with Crippen molar-refractivity contribution in [3.05, 3.63) is 12.2 Å². The van der Waals surface area contributed by atoms with Crippen molar-refractivity contribution in [1.29, 1.82) is 0 Å². The lowest BCUT2D eigenvalue weighted by Crippen LogP contribution is -2.49. The van der Waals surface area contributed by atoms with Gasteiger partial charge in [0, 0.05) is 6.08 Å². The third-order valence-corrected chi connectivity index (χ3v) is 3.20. The second-order valence-electron chi connectivity index (χ2n) is 6.06. The molecule has 0 saturated heterocycles. The van der Waals surface area contributed by atoms with Crippen LogP contribution in [0.1, 0.15) is 41.0 Å². The molecule has 0 spiro atoms. The van der Waals surface area contributed by atoms with Gasteiger partial charge in [0.25, 0.3) is 5.60 Å². The summed E-state index contributed by atoms with van der Waals surface area (Å²) in [6.45, 7) is 8.97. The summed E-state index contributed by atoms with van der Waals surface area (Å²) in [6, 6.07) is 0. The number of ether oxygens (including phenoxy) is 4. The van der Waals surface area contributed by atoms with Crippen LogP contribution in [0.2, 0.25) is 0 Å². The SMILES string of the molecule is CCOC(=O)/C=C/CC(C)(C)CO[C@@](C)(C(=O)OC)C(=O)OCC. The Bertz CT molecular complexity index is 468. The van der Waals surface area contributed by atoms with Crippen LogP contribution in [-0.4, -0.2) is 50.4 Å². The number of esters is 3. The Kier molecular flexibility index (Phi) is 9.28. The minimum absolute atomic E-state index is 0.0879. The van der Waals surface area contributed by atoms with Gasteiger partial charge < -0.3 is 18.9 Å². The lowest BCUT2D eigenvalue weighted by atomic mass is 9.90. The largest absolute Gasteiger partial charge is 0.466 e. The standard InChI is InChI=1S/C17H28O7/c1-7-22-13(18)10-9-11-16(3,4)12-24-17(5,14(19)21-6)15(20)23-8-2/h9-10H,7-8,11-12H2,1-6H3/b10-9+/t17-/m0/s1. The Morgan fingerprint density at radius 3 is 2.04 bits per heavy atom. The van der Waals surface area contributed by atoms with Gasteiger partial charge in [0.05, 0.1) is 26.9 Å². The van der Waals surface area contributed by atoms with E-state index in [9.17, 15) is 14.4 Å². The Hall–Kier alpha value is -1.89. The number of carbonyl (C=O) groups excluding carboxylic acids is 3. The summed E-state index contributed by atoms with van der Waals surface area (Å²) in [4.78, 5) is 35.2. The molecular formula is C17H28O7. The van der Waals surface area contributed by atoms with E-state index in [1.807, 2.05) is 13.8 Å². The molecule has 0 amide bonds. The molecule has 0 aliphatic carbocycles. The van der Waals surface area contributed by atoms with Gasteiger partial charge in [-0.3, -0.25) is 0 Å². The second-order valence-corrected chi connectivity index (χ2v) is 6.06. The van der Waals surface area contributed by atoms with Gasteiger partial charge in [0.2, 0.25) is 0 Å². The molecule has 0 aromatic carbocycles. The highest BCUT2D eigenvalue weighted by molar-refractivity contribution is 6.03. The second kappa shape index (κ2) is 10.1. The van der Waals surface area contributed by atoms with Crippen LogP contribution < -0.4 is 0 Å². The van der Waals surface area contributed by atoms with Crippen molar-refractivity contribution in [1.82, 2.24) is 0 Å². The van der Waals surface area contributed by atoms with Crippen LogP contribution in [0.25, 0.3) is 0 Å². The monoisotopic (exact) mass is 344 g/mol. The Labute approximate surface area is 143 Å². The van der Waals surface area contributed by atoms with Gasteiger partial charge in [-0.05, 0) is 32.6 Å². The van der Waals surface area contributed by atoms with E-state index in [1.54, 1.807) is 19.9 Å². The maximum Gasteiger partial charge on any atom is 0.349 e. The maximum absolute atomic E-state index is 12.0. The number of hydrogen-bond acceptors (Lipinski definition) is 7. The van der Waals surface area contributed by atoms with Crippen molar-refractivity contribution in [2.45, 2.75) is 46.6 Å². The molecule has 7 nitrogen and oxygen atoms in total. The molecule has 0 bridgehead atoms. The van der Waals surface area contributed by atoms with E-state index in [1.165, 1.54) is 20.1 Å². The highest BCUT2D eigenvalue weighted by Crippen LogP contribution is 2.26. The van der Waals surface area contributed by atoms with Crippen molar-refractivity contribution in [2.24, 2.45) is 5.41 Å². The van der Waals surface area contributed by atoms with Crippen LogP contribution in [0, 0.1) is 5.41 Å². The maximum atomic E-state index is 12.0. The van der Waals surface area contributed by atoms with Crippen molar-refractivity contribution in [2.75, 3.05) is 26.9 Å². The van der Waals surface area contributed by atoms with Crippen LogP contribution in [0.15, 0.2) is 12.2 Å². The quantitative estimate of drug-likeness (QED) is 0.259. The molecule has 0 saturated carbocycles. The van der Waals surface area contributed by atoms with Crippen LogP contribution >= 0.6 is 0 Å². The summed E-state index contributed by atoms with van der Waals surface area (Å²) in [7, 11) is 1.18. The van der Waals surface area contributed by atoms with Gasteiger partial charge in [-0.15, -0.1) is 0 Å². The first kappa shape index (κ1) is 22.1. The predicted octanol–water partition coefficient (Wildman–Crippen LogP) is 2.03. The molecular weight excluding hydrogens is 316 g/mol. The smallest absolute Gasteiger partial charge is 0.349 e. The molecule has 0 unspecified atom stereocenters. The first-order valence-corrected chi connectivity index (χ1v) is 7.85. The molecule has 138 valence electrons. The number of hydrogen-bond donors (Lipinski definition) is 0. The van der Waals surface area contributed by atoms with Crippen molar-refractivity contribution in [3.8, 4) is 0 Å². The average Bonchev–Trinajstić information content (AvgIpc) is 2.52. The van der Waals surface area contributed by atoms with Gasteiger partial charge >= 0.3 is 17.9 Å². The van der Waals surface area contributed by atoms with E-state index in [2.05, 4.69) is 4.74 Å². The third-order valence-electron chi connectivity index (χ3n) is 3.20. The van der Waals surface area contributed by atoms with Crippen molar-refractivity contribution in [3.63, 3.8) is 0 Å². The van der Waals surface area contributed by atoms with Crippen LogP contribution in [0.5, 0.6) is 0 Å². The van der Waals surface area contributed by atoms with Gasteiger partial charge in [0.15, 0.2) is 0 Å². The molecule has 0 aliphatic heterocycles. The summed E-state index contributed by atoms with van der Waals surface area (Å²) in [5.41, 5.74) is -2.25. The normalized spacial score (nSPS) is 14.1. The van der Waals surface area contributed by atoms with Crippen LogP contribution in [0.3, 0.4) is 0 Å². The van der Waals surface area contributed by atoms with Crippen molar-refractivity contribution >= 4 is 17.9 Å². The topological polar surface area (TPSA) is 88.1 Å². The Balaban J connectivity index is 4.85. The Morgan fingerprint density at radius 2 is 1.54 bits per heavy atom. The molecule has 24 heavy (non-hydrogen) atoms. The molecule has 0 fully saturated rings. The summed E-state index contributed by atoms with van der Waals surface area (Å²) in [5, 5.41) is 0. The molecule has 0 radical (unpaired) electrons. The fraction of sp³-hybridized carbons (Fsp3) is 0.706. The first-order chi connectivity index (χ1) is 11.1. The molecule has 0 aromatic heterocycles.